The molecule has 0 spiro atoms. The number of carbonyl (C=O) groups is 1. The summed E-state index contributed by atoms with van der Waals surface area (Å²) in [4.78, 5) is 18.9. The molecule has 1 aliphatic rings. The maximum atomic E-state index is 13.8. The molecule has 0 unspecified atom stereocenters. The van der Waals surface area contributed by atoms with Gasteiger partial charge in [0.05, 0.1) is 30.4 Å². The number of halogens is 6. The second-order valence-electron chi connectivity index (χ2n) is 8.31. The van der Waals surface area contributed by atoms with E-state index in [-0.39, 0.29) is 37.4 Å². The molecule has 1 aliphatic heterocycles. The van der Waals surface area contributed by atoms with Crippen LogP contribution in [0.15, 0.2) is 66.9 Å². The molecule has 3 aromatic rings. The third kappa shape index (κ3) is 5.08. The lowest BCUT2D eigenvalue weighted by Crippen LogP contribution is -2.52. The summed E-state index contributed by atoms with van der Waals surface area (Å²) < 4.78 is 86.6. The maximum Gasteiger partial charge on any atom is 0.417 e. The van der Waals surface area contributed by atoms with Gasteiger partial charge in [-0.3, -0.25) is 14.7 Å². The van der Waals surface area contributed by atoms with E-state index in [2.05, 4.69) is 11.1 Å². The van der Waals surface area contributed by atoms with Crippen LogP contribution in [0, 0.1) is 11.3 Å². The fraction of sp³-hybridized carbons (Fsp3) is 0.269. The Balaban J connectivity index is 2.01. The van der Waals surface area contributed by atoms with E-state index >= 15 is 0 Å². The van der Waals surface area contributed by atoms with Gasteiger partial charge in [0.2, 0.25) is 5.78 Å². The molecular formula is C26H19F6N3O2. The zero-order chi connectivity index (χ0) is 26.8. The second-order valence-corrected chi connectivity index (χ2v) is 8.31. The Labute approximate surface area is 207 Å². The van der Waals surface area contributed by atoms with Crippen molar-refractivity contribution in [2.45, 2.75) is 17.9 Å². The summed E-state index contributed by atoms with van der Waals surface area (Å²) in [5.41, 5.74) is -5.29. The number of hydrogen-bond acceptors (Lipinski definition) is 5. The summed E-state index contributed by atoms with van der Waals surface area (Å²) in [6, 6.07) is 14.2. The van der Waals surface area contributed by atoms with Crippen molar-refractivity contribution < 1.29 is 35.9 Å². The Morgan fingerprint density at radius 3 is 2.08 bits per heavy atom. The summed E-state index contributed by atoms with van der Waals surface area (Å²) in [5, 5.41) is 10.6. The van der Waals surface area contributed by atoms with Crippen LogP contribution in [0.5, 0.6) is 0 Å². The molecule has 2 aromatic carbocycles. The van der Waals surface area contributed by atoms with Crippen molar-refractivity contribution >= 4 is 5.78 Å². The van der Waals surface area contributed by atoms with E-state index < -0.39 is 46.1 Å². The molecule has 0 aliphatic carbocycles. The molecule has 1 fully saturated rings. The third-order valence-electron chi connectivity index (χ3n) is 6.11. The van der Waals surface area contributed by atoms with Crippen molar-refractivity contribution in [3.05, 3.63) is 100 Å². The first-order valence-electron chi connectivity index (χ1n) is 11.1. The Hall–Kier alpha value is -3.75. The molecule has 37 heavy (non-hydrogen) atoms. The number of benzene rings is 2. The van der Waals surface area contributed by atoms with Crippen LogP contribution in [0.3, 0.4) is 0 Å². The smallest absolute Gasteiger partial charge is 0.379 e. The average Bonchev–Trinajstić information content (AvgIpc) is 2.89. The minimum Gasteiger partial charge on any atom is -0.379 e. The highest BCUT2D eigenvalue weighted by Crippen LogP contribution is 2.41. The van der Waals surface area contributed by atoms with Gasteiger partial charge in [-0.05, 0) is 23.8 Å². The van der Waals surface area contributed by atoms with Gasteiger partial charge in [0.15, 0.2) is 5.54 Å². The van der Waals surface area contributed by atoms with Crippen molar-refractivity contribution in [2.75, 3.05) is 26.3 Å². The molecule has 5 nitrogen and oxygen atoms in total. The van der Waals surface area contributed by atoms with Gasteiger partial charge in [0, 0.05) is 30.4 Å². The van der Waals surface area contributed by atoms with Gasteiger partial charge in [-0.1, -0.05) is 42.5 Å². The average molecular weight is 519 g/mol. The summed E-state index contributed by atoms with van der Waals surface area (Å²) in [6.07, 6.45) is -9.17. The number of aromatic nitrogens is 1. The molecular weight excluding hydrogens is 500 g/mol. The largest absolute Gasteiger partial charge is 0.417 e. The van der Waals surface area contributed by atoms with E-state index in [4.69, 9.17) is 4.74 Å². The highest BCUT2D eigenvalue weighted by molar-refractivity contribution is 6.09. The van der Waals surface area contributed by atoms with E-state index in [1.165, 1.54) is 12.1 Å². The van der Waals surface area contributed by atoms with Crippen LogP contribution in [0.4, 0.5) is 26.3 Å². The van der Waals surface area contributed by atoms with Gasteiger partial charge in [-0.2, -0.15) is 31.6 Å². The van der Waals surface area contributed by atoms with E-state index in [9.17, 15) is 36.4 Å². The lowest BCUT2D eigenvalue weighted by Gasteiger charge is -2.42. The number of nitriles is 1. The van der Waals surface area contributed by atoms with Gasteiger partial charge >= 0.3 is 12.4 Å². The molecule has 1 saturated heterocycles. The number of ether oxygens (including phenoxy) is 1. The third-order valence-corrected chi connectivity index (χ3v) is 6.11. The lowest BCUT2D eigenvalue weighted by molar-refractivity contribution is -0.138. The van der Waals surface area contributed by atoms with Crippen molar-refractivity contribution in [3.63, 3.8) is 0 Å². The predicted octanol–water partition coefficient (Wildman–Crippen LogP) is 5.45. The van der Waals surface area contributed by atoms with E-state index in [1.807, 2.05) is 0 Å². The first-order valence-corrected chi connectivity index (χ1v) is 11.1. The van der Waals surface area contributed by atoms with Gasteiger partial charge in [-0.25, -0.2) is 0 Å². The maximum absolute atomic E-state index is 13.8. The number of morpholine rings is 1. The van der Waals surface area contributed by atoms with Crippen LogP contribution < -0.4 is 0 Å². The van der Waals surface area contributed by atoms with Crippen LogP contribution in [0.2, 0.25) is 0 Å². The zero-order valence-electron chi connectivity index (χ0n) is 19.1. The normalized spacial score (nSPS) is 16.6. The molecule has 0 saturated carbocycles. The van der Waals surface area contributed by atoms with Crippen molar-refractivity contribution in [1.82, 2.24) is 9.88 Å². The van der Waals surface area contributed by atoms with Crippen molar-refractivity contribution in [2.24, 2.45) is 0 Å². The number of rotatable bonds is 5. The molecule has 11 heteroatoms. The number of alkyl halides is 6. The molecule has 0 amide bonds. The minimum atomic E-state index is -4.86. The molecule has 1 aromatic heterocycles. The first-order chi connectivity index (χ1) is 17.5. The topological polar surface area (TPSA) is 66.2 Å². The number of pyridine rings is 1. The van der Waals surface area contributed by atoms with Crippen LogP contribution >= 0.6 is 0 Å². The van der Waals surface area contributed by atoms with Crippen molar-refractivity contribution in [3.8, 4) is 6.07 Å². The molecule has 0 N–H and O–H groups in total. The predicted molar refractivity (Wildman–Crippen MR) is 119 cm³/mol. The zero-order valence-corrected chi connectivity index (χ0v) is 19.1. The van der Waals surface area contributed by atoms with Crippen LogP contribution in [-0.2, 0) is 22.6 Å². The Kier molecular flexibility index (Phi) is 7.08. The molecule has 0 radical (unpaired) electrons. The van der Waals surface area contributed by atoms with Gasteiger partial charge in [0.1, 0.15) is 5.69 Å². The van der Waals surface area contributed by atoms with Gasteiger partial charge in [-0.15, -0.1) is 0 Å². The highest BCUT2D eigenvalue weighted by atomic mass is 19.4. The Morgan fingerprint density at radius 1 is 0.865 bits per heavy atom. The summed E-state index contributed by atoms with van der Waals surface area (Å²) >= 11 is 0. The quantitative estimate of drug-likeness (QED) is 0.331. The molecule has 192 valence electrons. The lowest BCUT2D eigenvalue weighted by atomic mass is 9.79. The monoisotopic (exact) mass is 519 g/mol. The molecule has 1 atom stereocenters. The number of ketones is 1. The number of carbonyl (C=O) groups excluding carboxylic acids is 1. The fourth-order valence-corrected chi connectivity index (χ4v) is 4.33. The van der Waals surface area contributed by atoms with E-state index in [0.29, 0.717) is 18.3 Å². The summed E-state index contributed by atoms with van der Waals surface area (Å²) in [7, 11) is 0. The van der Waals surface area contributed by atoms with Crippen LogP contribution in [0.1, 0.15) is 38.3 Å². The van der Waals surface area contributed by atoms with Gasteiger partial charge in [0.25, 0.3) is 0 Å². The highest BCUT2D eigenvalue weighted by Gasteiger charge is 2.46. The standard InChI is InChI=1S/C26H19F6N3O2/c27-25(28,29)19-8-4-5-17(13-19)23(36)22-21(14-20(15-34-22)26(30,31)32)24(16-33,18-6-2-1-3-7-18)35-9-11-37-12-10-35/h1-8,13-15H,9-12H2/t24-/m1/s1. The summed E-state index contributed by atoms with van der Waals surface area (Å²) in [5.74, 6) is -1.04. The minimum absolute atomic E-state index is 0.149. The number of hydrogen-bond donors (Lipinski definition) is 0. The summed E-state index contributed by atoms with van der Waals surface area (Å²) in [6.45, 7) is 0.658. The SMILES string of the molecule is N#C[C@@](c1ccccc1)(c1cc(C(F)(F)F)cnc1C(=O)c1cccc(C(F)(F)F)c1)N1CCOCC1. The molecule has 4 rings (SSSR count). The Bertz CT molecular complexity index is 1330. The first kappa shape index (κ1) is 26.3. The van der Waals surface area contributed by atoms with Gasteiger partial charge < -0.3 is 4.74 Å². The van der Waals surface area contributed by atoms with Crippen LogP contribution in [0.25, 0.3) is 0 Å². The van der Waals surface area contributed by atoms with E-state index in [0.717, 1.165) is 18.2 Å². The molecule has 0 bridgehead atoms. The Morgan fingerprint density at radius 2 is 1.49 bits per heavy atom. The number of nitrogens with zero attached hydrogens (tertiary/aromatic N) is 3. The van der Waals surface area contributed by atoms with E-state index in [1.54, 1.807) is 23.1 Å². The fourth-order valence-electron chi connectivity index (χ4n) is 4.33. The second kappa shape index (κ2) is 9.95. The molecule has 2 heterocycles. The van der Waals surface area contributed by atoms with Crippen molar-refractivity contribution in [1.29, 1.82) is 5.26 Å². The van der Waals surface area contributed by atoms with Crippen LogP contribution in [-0.4, -0.2) is 42.0 Å².